The van der Waals surface area contributed by atoms with Crippen molar-refractivity contribution >= 4 is 56.2 Å². The Morgan fingerprint density at radius 1 is 1.17 bits per heavy atom. The van der Waals surface area contributed by atoms with E-state index in [0.717, 1.165) is 13.6 Å². The number of rotatable bonds is 6. The maximum atomic E-state index is 13.8. The van der Waals surface area contributed by atoms with E-state index in [1.165, 1.54) is 24.3 Å². The van der Waals surface area contributed by atoms with E-state index in [0.29, 0.717) is 17.9 Å². The number of anilines is 1. The first-order valence-electron chi connectivity index (χ1n) is 8.81. The Kier molecular flexibility index (Phi) is 7.60. The van der Waals surface area contributed by atoms with Gasteiger partial charge < -0.3 is 10.1 Å². The number of amides is 1. The molecular weight excluding hydrogens is 562 g/mol. The molecule has 3 aromatic rings. The molecule has 0 unspecified atom stereocenters. The second-order valence-corrected chi connectivity index (χ2v) is 8.36. The fourth-order valence-corrected chi connectivity index (χ4v) is 3.30. The average molecular weight is 577 g/mol. The summed E-state index contributed by atoms with van der Waals surface area (Å²) in [5, 5.41) is 11.9. The molecule has 0 saturated carbocycles. The topological polar surface area (TPSA) is 62.1 Å². The van der Waals surface area contributed by atoms with Gasteiger partial charge in [-0.25, -0.2) is 4.39 Å². The molecule has 0 saturated heterocycles. The maximum Gasteiger partial charge on any atom is 0.266 e. The van der Waals surface area contributed by atoms with Crippen molar-refractivity contribution in [2.75, 3.05) is 5.32 Å². The summed E-state index contributed by atoms with van der Waals surface area (Å²) >= 11 is 5.63. The summed E-state index contributed by atoms with van der Waals surface area (Å²) in [6, 6.07) is 20.9. The van der Waals surface area contributed by atoms with Gasteiger partial charge in [-0.1, -0.05) is 40.2 Å². The zero-order valence-electron chi connectivity index (χ0n) is 15.5. The highest BCUT2D eigenvalue weighted by molar-refractivity contribution is 14.1. The van der Waals surface area contributed by atoms with Crippen LogP contribution in [0.15, 0.2) is 76.8 Å². The van der Waals surface area contributed by atoms with Crippen LogP contribution in [0.2, 0.25) is 0 Å². The lowest BCUT2D eigenvalue weighted by Gasteiger charge is -2.11. The van der Waals surface area contributed by atoms with E-state index in [-0.39, 0.29) is 11.3 Å². The van der Waals surface area contributed by atoms with Gasteiger partial charge in [0.1, 0.15) is 29.8 Å². The van der Waals surface area contributed by atoms with Gasteiger partial charge in [-0.05, 0) is 76.7 Å². The zero-order chi connectivity index (χ0) is 21.5. The third-order valence-corrected chi connectivity index (χ3v) is 5.28. The normalized spacial score (nSPS) is 10.9. The van der Waals surface area contributed by atoms with Gasteiger partial charge in [-0.2, -0.15) is 5.26 Å². The van der Waals surface area contributed by atoms with Crippen molar-refractivity contribution in [2.45, 2.75) is 6.61 Å². The Hall–Kier alpha value is -2.70. The third-order valence-electron chi connectivity index (χ3n) is 4.07. The number of benzene rings is 3. The molecule has 0 aliphatic carbocycles. The number of nitriles is 1. The molecule has 1 amide bonds. The summed E-state index contributed by atoms with van der Waals surface area (Å²) in [6.07, 6.45) is 1.42. The first-order valence-corrected chi connectivity index (χ1v) is 10.7. The van der Waals surface area contributed by atoms with Crippen molar-refractivity contribution in [3.8, 4) is 11.8 Å². The maximum absolute atomic E-state index is 13.8. The SMILES string of the molecule is N#C/C(=C/c1cc(Br)ccc1OCc1ccc(I)cc1)C(=O)Nc1ccccc1F. The number of carbonyl (C=O) groups is 1. The summed E-state index contributed by atoms with van der Waals surface area (Å²) in [7, 11) is 0. The van der Waals surface area contributed by atoms with Gasteiger partial charge in [0.05, 0.1) is 5.69 Å². The highest BCUT2D eigenvalue weighted by atomic mass is 127. The Bertz CT molecular complexity index is 1140. The molecule has 7 heteroatoms. The number of hydrogen-bond donors (Lipinski definition) is 1. The largest absolute Gasteiger partial charge is 0.488 e. The molecule has 150 valence electrons. The summed E-state index contributed by atoms with van der Waals surface area (Å²) in [4.78, 5) is 12.5. The molecule has 0 radical (unpaired) electrons. The van der Waals surface area contributed by atoms with Crippen LogP contribution in [0.3, 0.4) is 0 Å². The lowest BCUT2D eigenvalue weighted by Crippen LogP contribution is -2.14. The van der Waals surface area contributed by atoms with Crippen molar-refractivity contribution in [3.05, 3.63) is 97.3 Å². The number of halogens is 3. The second kappa shape index (κ2) is 10.4. The first-order chi connectivity index (χ1) is 14.5. The smallest absolute Gasteiger partial charge is 0.266 e. The van der Waals surface area contributed by atoms with Gasteiger partial charge in [0.25, 0.3) is 5.91 Å². The van der Waals surface area contributed by atoms with Gasteiger partial charge >= 0.3 is 0 Å². The molecule has 3 rings (SSSR count). The van der Waals surface area contributed by atoms with E-state index < -0.39 is 11.7 Å². The van der Waals surface area contributed by atoms with Crippen LogP contribution in [0.5, 0.6) is 5.75 Å². The van der Waals surface area contributed by atoms with Crippen molar-refractivity contribution in [2.24, 2.45) is 0 Å². The van der Waals surface area contributed by atoms with Crippen LogP contribution in [-0.4, -0.2) is 5.91 Å². The molecule has 3 aromatic carbocycles. The molecular formula is C23H15BrFIN2O2. The average Bonchev–Trinajstić information content (AvgIpc) is 2.74. The van der Waals surface area contributed by atoms with Gasteiger partial charge in [0.15, 0.2) is 0 Å². The van der Waals surface area contributed by atoms with Crippen molar-refractivity contribution in [1.29, 1.82) is 5.26 Å². The zero-order valence-corrected chi connectivity index (χ0v) is 19.3. The Balaban J connectivity index is 1.83. The monoisotopic (exact) mass is 576 g/mol. The van der Waals surface area contributed by atoms with E-state index in [2.05, 4.69) is 43.8 Å². The van der Waals surface area contributed by atoms with Crippen LogP contribution >= 0.6 is 38.5 Å². The summed E-state index contributed by atoms with van der Waals surface area (Å²) < 4.78 is 21.6. The minimum atomic E-state index is -0.703. The highest BCUT2D eigenvalue weighted by Gasteiger charge is 2.13. The lowest BCUT2D eigenvalue weighted by molar-refractivity contribution is -0.112. The Morgan fingerprint density at radius 3 is 2.60 bits per heavy atom. The second-order valence-electron chi connectivity index (χ2n) is 6.20. The predicted octanol–water partition coefficient (Wildman–Crippen LogP) is 6.32. The number of carbonyl (C=O) groups excluding carboxylic acids is 1. The van der Waals surface area contributed by atoms with Crippen LogP contribution in [-0.2, 0) is 11.4 Å². The van der Waals surface area contributed by atoms with Crippen LogP contribution in [0, 0.1) is 20.7 Å². The quantitative estimate of drug-likeness (QED) is 0.212. The molecule has 0 heterocycles. The first kappa shape index (κ1) is 22.0. The van der Waals surface area contributed by atoms with E-state index in [1.807, 2.05) is 36.4 Å². The van der Waals surface area contributed by atoms with Crippen molar-refractivity contribution < 1.29 is 13.9 Å². The summed E-state index contributed by atoms with van der Waals surface area (Å²) in [5.74, 6) is -0.763. The number of hydrogen-bond acceptors (Lipinski definition) is 3. The highest BCUT2D eigenvalue weighted by Crippen LogP contribution is 2.27. The van der Waals surface area contributed by atoms with Crippen LogP contribution < -0.4 is 10.1 Å². The van der Waals surface area contributed by atoms with Crippen LogP contribution in [0.25, 0.3) is 6.08 Å². The van der Waals surface area contributed by atoms with Gasteiger partial charge in [-0.15, -0.1) is 0 Å². The Labute approximate surface area is 195 Å². The van der Waals surface area contributed by atoms with E-state index >= 15 is 0 Å². The fourth-order valence-electron chi connectivity index (χ4n) is 2.56. The lowest BCUT2D eigenvalue weighted by atomic mass is 10.1. The molecule has 1 N–H and O–H groups in total. The van der Waals surface area contributed by atoms with E-state index in [9.17, 15) is 14.4 Å². The number of para-hydroxylation sites is 1. The summed E-state index contributed by atoms with van der Waals surface area (Å²) in [6.45, 7) is 0.336. The van der Waals surface area contributed by atoms with E-state index in [4.69, 9.17) is 4.74 Å². The molecule has 0 aromatic heterocycles. The van der Waals surface area contributed by atoms with Gasteiger partial charge in [0.2, 0.25) is 0 Å². The molecule has 4 nitrogen and oxygen atoms in total. The number of nitrogens with zero attached hydrogens (tertiary/aromatic N) is 1. The standard InChI is InChI=1S/C23H15BrFIN2O2/c24-18-7-10-22(30-14-15-5-8-19(26)9-6-15)16(12-18)11-17(13-27)23(29)28-21-4-2-1-3-20(21)25/h1-12H,14H2,(H,28,29)/b17-11-. The summed E-state index contributed by atoms with van der Waals surface area (Å²) in [5.41, 5.74) is 1.38. The van der Waals surface area contributed by atoms with Crippen LogP contribution in [0.1, 0.15) is 11.1 Å². The van der Waals surface area contributed by atoms with Crippen molar-refractivity contribution in [1.82, 2.24) is 0 Å². The molecule has 0 aliphatic rings. The minimum Gasteiger partial charge on any atom is -0.488 e. The molecule has 0 fully saturated rings. The van der Waals surface area contributed by atoms with Crippen LogP contribution in [0.4, 0.5) is 10.1 Å². The number of ether oxygens (including phenoxy) is 1. The van der Waals surface area contributed by atoms with Crippen molar-refractivity contribution in [3.63, 3.8) is 0 Å². The van der Waals surface area contributed by atoms with E-state index in [1.54, 1.807) is 18.2 Å². The predicted molar refractivity (Wildman–Crippen MR) is 126 cm³/mol. The van der Waals surface area contributed by atoms with Gasteiger partial charge in [-0.3, -0.25) is 4.79 Å². The minimum absolute atomic E-state index is 0.00748. The molecule has 0 bridgehead atoms. The Morgan fingerprint density at radius 2 is 1.90 bits per heavy atom. The molecule has 0 atom stereocenters. The molecule has 0 aliphatic heterocycles. The van der Waals surface area contributed by atoms with Gasteiger partial charge in [0, 0.05) is 13.6 Å². The number of nitrogens with one attached hydrogen (secondary N) is 1. The molecule has 30 heavy (non-hydrogen) atoms. The molecule has 0 spiro atoms. The fraction of sp³-hybridized carbons (Fsp3) is 0.0435. The third kappa shape index (κ3) is 5.90.